The molecule has 0 unspecified atom stereocenters. The molecular formula is C14H28O3. The van der Waals surface area contributed by atoms with E-state index in [2.05, 4.69) is 20.8 Å². The maximum absolute atomic E-state index is 11.3. The number of carbonyl (C=O) groups is 1. The Bertz CT molecular complexity index is 226. The summed E-state index contributed by atoms with van der Waals surface area (Å²) in [6.45, 7) is 12.5. The molecule has 0 spiro atoms. The number of hydrogen-bond donors (Lipinski definition) is 0. The van der Waals surface area contributed by atoms with Crippen LogP contribution >= 0.6 is 0 Å². The topological polar surface area (TPSA) is 35.5 Å². The van der Waals surface area contributed by atoms with Crippen LogP contribution in [-0.2, 0) is 9.47 Å². The number of unbranched alkanes of at least 4 members (excludes halogenated alkanes) is 1. The largest absolute Gasteiger partial charge is 0.508 e. The zero-order valence-corrected chi connectivity index (χ0v) is 12.3. The molecule has 0 aliphatic heterocycles. The summed E-state index contributed by atoms with van der Waals surface area (Å²) >= 11 is 0. The predicted octanol–water partition coefficient (Wildman–Crippen LogP) is 4.54. The number of ether oxygens (including phenoxy) is 2. The summed E-state index contributed by atoms with van der Waals surface area (Å²) in [7, 11) is 0. The minimum Gasteiger partial charge on any atom is -0.434 e. The van der Waals surface area contributed by atoms with Crippen LogP contribution in [-0.4, -0.2) is 18.4 Å². The first-order valence-electron chi connectivity index (χ1n) is 6.52. The Morgan fingerprint density at radius 1 is 1.06 bits per heavy atom. The first-order chi connectivity index (χ1) is 7.66. The molecule has 0 rings (SSSR count). The van der Waals surface area contributed by atoms with E-state index in [-0.39, 0.29) is 5.41 Å². The van der Waals surface area contributed by atoms with Gasteiger partial charge in [-0.1, -0.05) is 33.6 Å². The molecule has 0 bridgehead atoms. The Morgan fingerprint density at radius 3 is 2.12 bits per heavy atom. The average Bonchev–Trinajstić information content (AvgIpc) is 2.11. The molecule has 0 radical (unpaired) electrons. The fourth-order valence-electron chi connectivity index (χ4n) is 1.47. The summed E-state index contributed by atoms with van der Waals surface area (Å²) in [5.74, 6) is 0. The molecule has 0 aromatic rings. The number of carbonyl (C=O) groups excluding carboxylic acids is 1. The van der Waals surface area contributed by atoms with E-state index in [9.17, 15) is 4.79 Å². The fraction of sp³-hybridized carbons (Fsp3) is 0.929. The van der Waals surface area contributed by atoms with Gasteiger partial charge in [-0.25, -0.2) is 4.79 Å². The molecule has 0 aliphatic rings. The van der Waals surface area contributed by atoms with Crippen LogP contribution in [0.4, 0.5) is 4.79 Å². The van der Waals surface area contributed by atoms with E-state index < -0.39 is 11.8 Å². The molecule has 102 valence electrons. The van der Waals surface area contributed by atoms with Crippen LogP contribution in [0, 0.1) is 5.41 Å². The van der Waals surface area contributed by atoms with Gasteiger partial charge >= 0.3 is 6.16 Å². The number of hydrogen-bond acceptors (Lipinski definition) is 3. The highest BCUT2D eigenvalue weighted by Gasteiger charge is 2.20. The molecule has 0 saturated carbocycles. The SMILES string of the molecule is CCCCC(C)(C)CCOC(=O)OC(C)(C)C. The smallest absolute Gasteiger partial charge is 0.434 e. The van der Waals surface area contributed by atoms with Gasteiger partial charge in [0.15, 0.2) is 0 Å². The molecule has 3 heteroatoms. The Balaban J connectivity index is 3.79. The van der Waals surface area contributed by atoms with Crippen LogP contribution in [0.25, 0.3) is 0 Å². The second-order valence-electron chi connectivity index (χ2n) is 6.33. The van der Waals surface area contributed by atoms with Gasteiger partial charge in [0.25, 0.3) is 0 Å². The van der Waals surface area contributed by atoms with E-state index in [1.54, 1.807) is 0 Å². The highest BCUT2D eigenvalue weighted by molar-refractivity contribution is 5.60. The van der Waals surface area contributed by atoms with E-state index in [0.29, 0.717) is 6.61 Å². The molecule has 0 aromatic carbocycles. The predicted molar refractivity (Wildman–Crippen MR) is 70.1 cm³/mol. The zero-order chi connectivity index (χ0) is 13.5. The molecular weight excluding hydrogens is 216 g/mol. The minimum absolute atomic E-state index is 0.234. The van der Waals surface area contributed by atoms with Crippen molar-refractivity contribution in [1.29, 1.82) is 0 Å². The maximum Gasteiger partial charge on any atom is 0.508 e. The van der Waals surface area contributed by atoms with Crippen molar-refractivity contribution in [2.45, 2.75) is 72.8 Å². The lowest BCUT2D eigenvalue weighted by Gasteiger charge is -2.24. The maximum atomic E-state index is 11.3. The normalized spacial score (nSPS) is 12.4. The van der Waals surface area contributed by atoms with Gasteiger partial charge in [-0.15, -0.1) is 0 Å². The molecule has 0 saturated heterocycles. The van der Waals surface area contributed by atoms with Crippen molar-refractivity contribution in [1.82, 2.24) is 0 Å². The van der Waals surface area contributed by atoms with Crippen LogP contribution in [0.1, 0.15) is 67.2 Å². The molecule has 0 aromatic heterocycles. The average molecular weight is 244 g/mol. The quantitative estimate of drug-likeness (QED) is 0.643. The van der Waals surface area contributed by atoms with Crippen molar-refractivity contribution < 1.29 is 14.3 Å². The summed E-state index contributed by atoms with van der Waals surface area (Å²) < 4.78 is 10.1. The van der Waals surface area contributed by atoms with Crippen LogP contribution < -0.4 is 0 Å². The third kappa shape index (κ3) is 10.2. The highest BCUT2D eigenvalue weighted by Crippen LogP contribution is 2.27. The van der Waals surface area contributed by atoms with Gasteiger partial charge in [-0.2, -0.15) is 0 Å². The zero-order valence-electron chi connectivity index (χ0n) is 12.3. The Morgan fingerprint density at radius 2 is 1.65 bits per heavy atom. The molecule has 17 heavy (non-hydrogen) atoms. The van der Waals surface area contributed by atoms with Gasteiger partial charge in [0, 0.05) is 0 Å². The third-order valence-electron chi connectivity index (χ3n) is 2.60. The van der Waals surface area contributed by atoms with E-state index >= 15 is 0 Å². The van der Waals surface area contributed by atoms with Gasteiger partial charge in [-0.05, 0) is 39.0 Å². The Hall–Kier alpha value is -0.730. The van der Waals surface area contributed by atoms with Gasteiger partial charge < -0.3 is 9.47 Å². The van der Waals surface area contributed by atoms with Crippen molar-refractivity contribution >= 4 is 6.16 Å². The molecule has 0 amide bonds. The lowest BCUT2D eigenvalue weighted by molar-refractivity contribution is -0.0112. The number of rotatable bonds is 6. The van der Waals surface area contributed by atoms with Gasteiger partial charge in [0.2, 0.25) is 0 Å². The van der Waals surface area contributed by atoms with E-state index in [0.717, 1.165) is 6.42 Å². The monoisotopic (exact) mass is 244 g/mol. The van der Waals surface area contributed by atoms with Crippen LogP contribution in [0.5, 0.6) is 0 Å². The molecule has 0 fully saturated rings. The minimum atomic E-state index is -0.566. The molecule has 0 N–H and O–H groups in total. The lowest BCUT2D eigenvalue weighted by atomic mass is 9.84. The summed E-state index contributed by atoms with van der Waals surface area (Å²) in [6, 6.07) is 0. The van der Waals surface area contributed by atoms with Crippen molar-refractivity contribution in [2.24, 2.45) is 5.41 Å². The summed E-state index contributed by atoms with van der Waals surface area (Å²) in [5.41, 5.74) is -0.243. The standard InChI is InChI=1S/C14H28O3/c1-7-8-9-14(5,6)10-11-16-12(15)17-13(2,3)4/h7-11H2,1-6H3. The van der Waals surface area contributed by atoms with Gasteiger partial charge in [-0.3, -0.25) is 0 Å². The molecule has 3 nitrogen and oxygen atoms in total. The van der Waals surface area contributed by atoms with Gasteiger partial charge in [0.1, 0.15) is 5.60 Å². The van der Waals surface area contributed by atoms with E-state index in [1.807, 2.05) is 20.8 Å². The Labute approximate surface area is 106 Å². The first-order valence-corrected chi connectivity index (χ1v) is 6.52. The lowest BCUT2D eigenvalue weighted by Crippen LogP contribution is -2.25. The second kappa shape index (κ2) is 6.87. The van der Waals surface area contributed by atoms with Crippen molar-refractivity contribution in [3.63, 3.8) is 0 Å². The fourth-order valence-corrected chi connectivity index (χ4v) is 1.47. The van der Waals surface area contributed by atoms with Crippen LogP contribution in [0.3, 0.4) is 0 Å². The van der Waals surface area contributed by atoms with Crippen molar-refractivity contribution in [3.05, 3.63) is 0 Å². The highest BCUT2D eigenvalue weighted by atomic mass is 16.7. The van der Waals surface area contributed by atoms with Crippen LogP contribution in [0.15, 0.2) is 0 Å². The Kier molecular flexibility index (Phi) is 6.58. The first kappa shape index (κ1) is 16.3. The van der Waals surface area contributed by atoms with Crippen LogP contribution in [0.2, 0.25) is 0 Å². The van der Waals surface area contributed by atoms with E-state index in [4.69, 9.17) is 9.47 Å². The summed E-state index contributed by atoms with van der Waals surface area (Å²) in [5, 5.41) is 0. The van der Waals surface area contributed by atoms with Crippen molar-refractivity contribution in [3.8, 4) is 0 Å². The third-order valence-corrected chi connectivity index (χ3v) is 2.60. The molecule has 0 atom stereocenters. The molecule has 0 aliphatic carbocycles. The summed E-state index contributed by atoms with van der Waals surface area (Å²) in [6.07, 6.45) is 3.91. The summed E-state index contributed by atoms with van der Waals surface area (Å²) in [4.78, 5) is 11.3. The second-order valence-corrected chi connectivity index (χ2v) is 6.33. The van der Waals surface area contributed by atoms with Crippen molar-refractivity contribution in [2.75, 3.05) is 6.61 Å². The van der Waals surface area contributed by atoms with Gasteiger partial charge in [0.05, 0.1) is 6.61 Å². The molecule has 0 heterocycles. The van der Waals surface area contributed by atoms with E-state index in [1.165, 1.54) is 19.3 Å².